The molecule has 2 rings (SSSR count). The van der Waals surface area contributed by atoms with Crippen molar-refractivity contribution < 1.29 is 9.90 Å². The van der Waals surface area contributed by atoms with Crippen LogP contribution >= 0.6 is 0 Å². The first-order valence-electron chi connectivity index (χ1n) is 8.66. The van der Waals surface area contributed by atoms with Gasteiger partial charge in [-0.1, -0.05) is 20.8 Å². The van der Waals surface area contributed by atoms with Gasteiger partial charge in [0.15, 0.2) is 0 Å². The number of aliphatic hydroxyl groups is 1. The largest absolute Gasteiger partial charge is 0.396 e. The summed E-state index contributed by atoms with van der Waals surface area (Å²) in [6, 6.07) is 0.991. The van der Waals surface area contributed by atoms with Crippen LogP contribution in [0.3, 0.4) is 0 Å². The first-order valence-corrected chi connectivity index (χ1v) is 8.66. The maximum Gasteiger partial charge on any atom is 0.222 e. The molecule has 21 heavy (non-hydrogen) atoms. The Balaban J connectivity index is 1.94. The number of piperidine rings is 1. The third-order valence-electron chi connectivity index (χ3n) is 5.25. The molecule has 0 bridgehead atoms. The van der Waals surface area contributed by atoms with E-state index in [-0.39, 0.29) is 24.5 Å². The van der Waals surface area contributed by atoms with Gasteiger partial charge in [-0.15, -0.1) is 0 Å². The lowest BCUT2D eigenvalue weighted by molar-refractivity contribution is -0.125. The molecule has 2 fully saturated rings. The average Bonchev–Trinajstić information content (AvgIpc) is 2.43. The average molecular weight is 296 g/mol. The van der Waals surface area contributed by atoms with Gasteiger partial charge in [-0.25, -0.2) is 0 Å². The van der Waals surface area contributed by atoms with E-state index in [1.165, 1.54) is 12.8 Å². The van der Waals surface area contributed by atoms with Gasteiger partial charge in [0.1, 0.15) is 0 Å². The summed E-state index contributed by atoms with van der Waals surface area (Å²) in [6.07, 6.45) is 5.66. The van der Waals surface area contributed by atoms with E-state index >= 15 is 0 Å². The van der Waals surface area contributed by atoms with Gasteiger partial charge in [0.25, 0.3) is 0 Å². The molecule has 0 aromatic rings. The van der Waals surface area contributed by atoms with Crippen molar-refractivity contribution in [2.75, 3.05) is 19.7 Å². The van der Waals surface area contributed by atoms with Crippen LogP contribution in [0.15, 0.2) is 0 Å². The fraction of sp³-hybridized carbons (Fsp3) is 0.941. The lowest BCUT2D eigenvalue weighted by atomic mass is 9.77. The molecule has 1 heterocycles. The number of aliphatic hydroxyl groups excluding tert-OH is 1. The van der Waals surface area contributed by atoms with Crippen LogP contribution in [0, 0.1) is 17.8 Å². The van der Waals surface area contributed by atoms with Crippen molar-refractivity contribution in [1.29, 1.82) is 0 Å². The van der Waals surface area contributed by atoms with Crippen LogP contribution in [0.4, 0.5) is 0 Å². The summed E-state index contributed by atoms with van der Waals surface area (Å²) in [7, 11) is 0. The van der Waals surface area contributed by atoms with Crippen molar-refractivity contribution in [3.63, 3.8) is 0 Å². The Hall–Kier alpha value is -0.610. The van der Waals surface area contributed by atoms with Gasteiger partial charge in [0, 0.05) is 37.7 Å². The van der Waals surface area contributed by atoms with Gasteiger partial charge in [0.2, 0.25) is 5.91 Å². The van der Waals surface area contributed by atoms with E-state index in [2.05, 4.69) is 17.1 Å². The number of nitrogens with zero attached hydrogens (tertiary/aromatic N) is 1. The maximum absolute atomic E-state index is 12.0. The first kappa shape index (κ1) is 16.8. The highest BCUT2D eigenvalue weighted by Crippen LogP contribution is 2.35. The van der Waals surface area contributed by atoms with E-state index in [9.17, 15) is 4.79 Å². The molecule has 1 saturated carbocycles. The lowest BCUT2D eigenvalue weighted by Gasteiger charge is -2.48. The molecule has 4 unspecified atom stereocenters. The summed E-state index contributed by atoms with van der Waals surface area (Å²) < 4.78 is 0. The Morgan fingerprint density at radius 1 is 1.33 bits per heavy atom. The van der Waals surface area contributed by atoms with Crippen LogP contribution in [0.2, 0.25) is 0 Å². The Morgan fingerprint density at radius 2 is 2.10 bits per heavy atom. The Bertz CT molecular complexity index is 346. The van der Waals surface area contributed by atoms with Crippen molar-refractivity contribution in [2.45, 2.75) is 65.0 Å². The molecule has 4 nitrogen and oxygen atoms in total. The molecule has 1 saturated heterocycles. The monoisotopic (exact) mass is 296 g/mol. The predicted molar refractivity (Wildman–Crippen MR) is 85.0 cm³/mol. The Morgan fingerprint density at radius 3 is 2.62 bits per heavy atom. The molecule has 2 aliphatic rings. The lowest BCUT2D eigenvalue weighted by Crippen LogP contribution is -2.57. The van der Waals surface area contributed by atoms with Crippen molar-refractivity contribution in [3.8, 4) is 0 Å². The van der Waals surface area contributed by atoms with Crippen LogP contribution in [0.5, 0.6) is 0 Å². The Labute approximate surface area is 129 Å². The fourth-order valence-electron chi connectivity index (χ4n) is 3.76. The number of amides is 1. The topological polar surface area (TPSA) is 52.6 Å². The van der Waals surface area contributed by atoms with Crippen LogP contribution < -0.4 is 5.32 Å². The number of likely N-dealkylation sites (tertiary alicyclic amines) is 1. The molecule has 1 amide bonds. The van der Waals surface area contributed by atoms with E-state index in [1.54, 1.807) is 0 Å². The summed E-state index contributed by atoms with van der Waals surface area (Å²) in [4.78, 5) is 14.6. The summed E-state index contributed by atoms with van der Waals surface area (Å²) in [6.45, 7) is 8.67. The van der Waals surface area contributed by atoms with E-state index in [1.807, 2.05) is 13.8 Å². The maximum atomic E-state index is 12.0. The fourth-order valence-corrected chi connectivity index (χ4v) is 3.76. The van der Waals surface area contributed by atoms with Crippen molar-refractivity contribution in [2.24, 2.45) is 17.8 Å². The van der Waals surface area contributed by atoms with Gasteiger partial charge in [-0.3, -0.25) is 9.69 Å². The molecule has 2 N–H and O–H groups in total. The highest BCUT2D eigenvalue weighted by atomic mass is 16.2. The van der Waals surface area contributed by atoms with Gasteiger partial charge in [-0.2, -0.15) is 0 Å². The molecule has 1 aliphatic heterocycles. The quantitative estimate of drug-likeness (QED) is 0.788. The summed E-state index contributed by atoms with van der Waals surface area (Å²) in [5.74, 6) is 1.63. The number of carbonyl (C=O) groups is 1. The highest BCUT2D eigenvalue weighted by Gasteiger charge is 2.37. The second-order valence-electron chi connectivity index (χ2n) is 7.40. The van der Waals surface area contributed by atoms with E-state index in [0.717, 1.165) is 38.3 Å². The Kier molecular flexibility index (Phi) is 6.06. The van der Waals surface area contributed by atoms with Gasteiger partial charge >= 0.3 is 0 Å². The minimum atomic E-state index is 0.0545. The van der Waals surface area contributed by atoms with E-state index < -0.39 is 0 Å². The molecule has 4 atom stereocenters. The number of nitrogens with one attached hydrogen (secondary N) is 1. The SMILES string of the molecule is CC(C)C(=O)NC1CC(CCCO)CN(C2CCC2C)C1. The van der Waals surface area contributed by atoms with E-state index in [4.69, 9.17) is 5.11 Å². The van der Waals surface area contributed by atoms with Crippen molar-refractivity contribution in [1.82, 2.24) is 10.2 Å². The molecular formula is C17H32N2O2. The summed E-state index contributed by atoms with van der Waals surface area (Å²) in [5.41, 5.74) is 0. The number of hydrogen-bond acceptors (Lipinski definition) is 3. The molecule has 4 heteroatoms. The third kappa shape index (κ3) is 4.43. The summed E-state index contributed by atoms with van der Waals surface area (Å²) >= 11 is 0. The van der Waals surface area contributed by atoms with Gasteiger partial charge in [0.05, 0.1) is 0 Å². The minimum Gasteiger partial charge on any atom is -0.396 e. The smallest absolute Gasteiger partial charge is 0.222 e. The van der Waals surface area contributed by atoms with Crippen molar-refractivity contribution in [3.05, 3.63) is 0 Å². The molecule has 122 valence electrons. The van der Waals surface area contributed by atoms with Gasteiger partial charge < -0.3 is 10.4 Å². The molecule has 0 spiro atoms. The van der Waals surface area contributed by atoms with Gasteiger partial charge in [-0.05, 0) is 43.9 Å². The normalized spacial score (nSPS) is 33.8. The zero-order valence-electron chi connectivity index (χ0n) is 13.8. The van der Waals surface area contributed by atoms with Crippen LogP contribution in [-0.2, 0) is 4.79 Å². The number of hydrogen-bond donors (Lipinski definition) is 2. The van der Waals surface area contributed by atoms with Crippen LogP contribution in [0.25, 0.3) is 0 Å². The molecule has 1 aliphatic carbocycles. The van der Waals surface area contributed by atoms with E-state index in [0.29, 0.717) is 12.0 Å². The predicted octanol–water partition coefficient (Wildman–Crippen LogP) is 2.02. The number of carbonyl (C=O) groups excluding carboxylic acids is 1. The zero-order valence-corrected chi connectivity index (χ0v) is 13.8. The molecule has 0 aromatic carbocycles. The number of rotatable bonds is 6. The highest BCUT2D eigenvalue weighted by molar-refractivity contribution is 5.78. The minimum absolute atomic E-state index is 0.0545. The standard InChI is InChI=1S/C17H32N2O2/c1-12(2)17(21)18-15-9-14(5-4-8-20)10-19(11-15)16-7-6-13(16)3/h12-16,20H,4-11H2,1-3H3,(H,18,21). The zero-order chi connectivity index (χ0) is 15.4. The van der Waals surface area contributed by atoms with Crippen molar-refractivity contribution >= 4 is 5.91 Å². The first-order chi connectivity index (χ1) is 10.0. The molecule has 0 aromatic heterocycles. The van der Waals surface area contributed by atoms with Crippen LogP contribution in [-0.4, -0.2) is 47.7 Å². The second-order valence-corrected chi connectivity index (χ2v) is 7.40. The molecular weight excluding hydrogens is 264 g/mol. The van der Waals surface area contributed by atoms with Crippen LogP contribution in [0.1, 0.15) is 52.9 Å². The summed E-state index contributed by atoms with van der Waals surface area (Å²) in [5, 5.41) is 12.3. The molecule has 0 radical (unpaired) electrons. The third-order valence-corrected chi connectivity index (χ3v) is 5.25. The second kappa shape index (κ2) is 7.59.